The molecule has 0 aromatic heterocycles. The van der Waals surface area contributed by atoms with Crippen LogP contribution in [0.3, 0.4) is 0 Å². The number of nitrogens with one attached hydrogen (secondary N) is 1. The number of hydrogen-bond acceptors (Lipinski definition) is 4. The summed E-state index contributed by atoms with van der Waals surface area (Å²) in [5.74, 6) is -0.809. The number of anilines is 1. The molecule has 2 unspecified atom stereocenters. The number of amides is 2. The molecule has 3 rings (SSSR count). The molecule has 0 aliphatic rings. The zero-order valence-corrected chi connectivity index (χ0v) is 26.3. The third-order valence-corrected chi connectivity index (χ3v) is 8.73. The molecular formula is C30H35BrClN3O4S. The number of carbonyl (C=O) groups is 2. The Morgan fingerprint density at radius 3 is 2.27 bits per heavy atom. The van der Waals surface area contributed by atoms with Gasteiger partial charge in [-0.1, -0.05) is 83.0 Å². The average molecular weight is 649 g/mol. The van der Waals surface area contributed by atoms with Crippen LogP contribution in [0.2, 0.25) is 5.02 Å². The summed E-state index contributed by atoms with van der Waals surface area (Å²) in [5, 5.41) is 3.41. The molecule has 0 saturated carbocycles. The van der Waals surface area contributed by atoms with Crippen LogP contribution in [0.25, 0.3) is 0 Å². The normalized spacial score (nSPS) is 12.8. The van der Waals surface area contributed by atoms with E-state index in [1.165, 1.54) is 4.90 Å². The van der Waals surface area contributed by atoms with E-state index in [1.54, 1.807) is 25.1 Å². The SMILES string of the molecule is CCC(C)NC(=O)C(Cc1ccccc1)N(Cc1cccc(Br)c1)C(=O)CN(c1cccc(Cl)c1C)S(C)(=O)=O. The zero-order chi connectivity index (χ0) is 29.4. The van der Waals surface area contributed by atoms with Crippen molar-refractivity contribution in [2.24, 2.45) is 0 Å². The summed E-state index contributed by atoms with van der Waals surface area (Å²) in [7, 11) is -3.87. The second kappa shape index (κ2) is 14.1. The summed E-state index contributed by atoms with van der Waals surface area (Å²) in [4.78, 5) is 29.3. The first kappa shape index (κ1) is 31.6. The molecule has 3 aromatic rings. The Hall–Kier alpha value is -2.88. The lowest BCUT2D eigenvalue weighted by Crippen LogP contribution is -2.54. The largest absolute Gasteiger partial charge is 0.352 e. The van der Waals surface area contributed by atoms with Gasteiger partial charge in [-0.15, -0.1) is 0 Å². The van der Waals surface area contributed by atoms with Gasteiger partial charge in [0, 0.05) is 28.5 Å². The van der Waals surface area contributed by atoms with Gasteiger partial charge in [0.25, 0.3) is 0 Å². The highest BCUT2D eigenvalue weighted by Gasteiger charge is 2.33. The van der Waals surface area contributed by atoms with E-state index < -0.39 is 28.5 Å². The van der Waals surface area contributed by atoms with E-state index in [-0.39, 0.29) is 24.9 Å². The standard InChI is InChI=1S/C30H35BrClN3O4S/c1-5-21(2)33-30(37)28(18-23-11-7-6-8-12-23)34(19-24-13-9-14-25(31)17-24)29(36)20-35(40(4,38)39)27-16-10-15-26(32)22(27)3/h6-17,21,28H,5,18-20H2,1-4H3,(H,33,37). The highest BCUT2D eigenvalue weighted by Crippen LogP contribution is 2.29. The fourth-order valence-corrected chi connectivity index (χ4v) is 5.80. The minimum Gasteiger partial charge on any atom is -0.352 e. The van der Waals surface area contributed by atoms with Gasteiger partial charge in [-0.3, -0.25) is 13.9 Å². The smallest absolute Gasteiger partial charge is 0.244 e. The number of halogens is 2. The fourth-order valence-electron chi connectivity index (χ4n) is 4.29. The number of hydrogen-bond donors (Lipinski definition) is 1. The van der Waals surface area contributed by atoms with Crippen molar-refractivity contribution < 1.29 is 18.0 Å². The molecule has 10 heteroatoms. The molecule has 0 aliphatic heterocycles. The topological polar surface area (TPSA) is 86.8 Å². The molecule has 0 radical (unpaired) electrons. The van der Waals surface area contributed by atoms with E-state index in [1.807, 2.05) is 68.4 Å². The van der Waals surface area contributed by atoms with Crippen LogP contribution in [-0.2, 0) is 32.6 Å². The second-order valence-electron chi connectivity index (χ2n) is 9.83. The molecule has 0 heterocycles. The lowest BCUT2D eigenvalue weighted by Gasteiger charge is -2.34. The molecule has 7 nitrogen and oxygen atoms in total. The Labute approximate surface area is 250 Å². The molecule has 40 heavy (non-hydrogen) atoms. The minimum absolute atomic E-state index is 0.102. The van der Waals surface area contributed by atoms with Gasteiger partial charge in [0.2, 0.25) is 21.8 Å². The molecular weight excluding hydrogens is 614 g/mol. The van der Waals surface area contributed by atoms with Crippen LogP contribution >= 0.6 is 27.5 Å². The summed E-state index contributed by atoms with van der Waals surface area (Å²) >= 11 is 9.78. The predicted octanol–water partition coefficient (Wildman–Crippen LogP) is 5.73. The molecule has 214 valence electrons. The van der Waals surface area contributed by atoms with Crippen molar-refractivity contribution in [3.05, 3.63) is 99.0 Å². The Morgan fingerprint density at radius 1 is 1.00 bits per heavy atom. The van der Waals surface area contributed by atoms with Crippen LogP contribution in [0.4, 0.5) is 5.69 Å². The third-order valence-electron chi connectivity index (χ3n) is 6.70. The highest BCUT2D eigenvalue weighted by atomic mass is 79.9. The maximum absolute atomic E-state index is 14.1. The van der Waals surface area contributed by atoms with Crippen LogP contribution in [0, 0.1) is 6.92 Å². The minimum atomic E-state index is -3.87. The van der Waals surface area contributed by atoms with Crippen LogP contribution in [0.15, 0.2) is 77.3 Å². The van der Waals surface area contributed by atoms with Gasteiger partial charge in [0.05, 0.1) is 11.9 Å². The predicted molar refractivity (Wildman–Crippen MR) is 165 cm³/mol. The Kier molecular flexibility index (Phi) is 11.2. The molecule has 3 aromatic carbocycles. The van der Waals surface area contributed by atoms with Gasteiger partial charge < -0.3 is 10.2 Å². The zero-order valence-electron chi connectivity index (χ0n) is 23.1. The number of rotatable bonds is 12. The van der Waals surface area contributed by atoms with Gasteiger partial charge in [-0.25, -0.2) is 8.42 Å². The van der Waals surface area contributed by atoms with Crippen molar-refractivity contribution in [3.8, 4) is 0 Å². The highest BCUT2D eigenvalue weighted by molar-refractivity contribution is 9.10. The van der Waals surface area contributed by atoms with E-state index >= 15 is 0 Å². The summed E-state index contributed by atoms with van der Waals surface area (Å²) in [5.41, 5.74) is 2.53. The molecule has 0 spiro atoms. The Morgan fingerprint density at radius 2 is 1.65 bits per heavy atom. The lowest BCUT2D eigenvalue weighted by molar-refractivity contribution is -0.140. The first-order chi connectivity index (χ1) is 18.9. The van der Waals surface area contributed by atoms with Crippen LogP contribution in [0.5, 0.6) is 0 Å². The third kappa shape index (κ3) is 8.56. The summed E-state index contributed by atoms with van der Waals surface area (Å²) in [6, 6.07) is 20.9. The van der Waals surface area contributed by atoms with Gasteiger partial charge in [0.1, 0.15) is 12.6 Å². The summed E-state index contributed by atoms with van der Waals surface area (Å²) < 4.78 is 27.8. The number of sulfonamides is 1. The van der Waals surface area contributed by atoms with Crippen LogP contribution < -0.4 is 9.62 Å². The van der Waals surface area contributed by atoms with E-state index in [0.29, 0.717) is 16.3 Å². The van der Waals surface area contributed by atoms with Crippen molar-refractivity contribution in [1.82, 2.24) is 10.2 Å². The van der Waals surface area contributed by atoms with Crippen molar-refractivity contribution in [2.45, 2.75) is 52.2 Å². The average Bonchev–Trinajstić information content (AvgIpc) is 2.90. The Balaban J connectivity index is 2.09. The fraction of sp³-hybridized carbons (Fsp3) is 0.333. The van der Waals surface area contributed by atoms with Gasteiger partial charge in [0.15, 0.2) is 0 Å². The first-order valence-electron chi connectivity index (χ1n) is 13.0. The van der Waals surface area contributed by atoms with Crippen LogP contribution in [-0.4, -0.2) is 50.0 Å². The van der Waals surface area contributed by atoms with Crippen molar-refractivity contribution in [2.75, 3.05) is 17.1 Å². The van der Waals surface area contributed by atoms with Crippen molar-refractivity contribution in [1.29, 1.82) is 0 Å². The van der Waals surface area contributed by atoms with Gasteiger partial charge in [-0.2, -0.15) is 0 Å². The number of benzene rings is 3. The van der Waals surface area contributed by atoms with Crippen LogP contribution in [0.1, 0.15) is 37.0 Å². The maximum atomic E-state index is 14.1. The molecule has 0 bridgehead atoms. The van der Waals surface area contributed by atoms with E-state index in [4.69, 9.17) is 11.6 Å². The summed E-state index contributed by atoms with van der Waals surface area (Å²) in [6.45, 7) is 5.20. The number of carbonyl (C=O) groups excluding carboxylic acids is 2. The van der Waals surface area contributed by atoms with Crippen molar-refractivity contribution in [3.63, 3.8) is 0 Å². The first-order valence-corrected chi connectivity index (χ1v) is 16.0. The van der Waals surface area contributed by atoms with E-state index in [0.717, 1.165) is 32.6 Å². The monoisotopic (exact) mass is 647 g/mol. The molecule has 2 atom stereocenters. The Bertz CT molecular complexity index is 1440. The maximum Gasteiger partial charge on any atom is 0.244 e. The summed E-state index contributed by atoms with van der Waals surface area (Å²) in [6.07, 6.45) is 2.04. The van der Waals surface area contributed by atoms with Gasteiger partial charge >= 0.3 is 0 Å². The van der Waals surface area contributed by atoms with Gasteiger partial charge in [-0.05, 0) is 61.2 Å². The quantitative estimate of drug-likeness (QED) is 0.272. The molecule has 0 fully saturated rings. The van der Waals surface area contributed by atoms with Crippen molar-refractivity contribution >= 4 is 55.1 Å². The molecule has 2 amide bonds. The molecule has 0 aliphatic carbocycles. The molecule has 1 N–H and O–H groups in total. The second-order valence-corrected chi connectivity index (χ2v) is 13.1. The molecule has 0 saturated heterocycles. The number of nitrogens with zero attached hydrogens (tertiary/aromatic N) is 2. The lowest BCUT2D eigenvalue weighted by atomic mass is 10.0. The van der Waals surface area contributed by atoms with E-state index in [9.17, 15) is 18.0 Å². The van der Waals surface area contributed by atoms with E-state index in [2.05, 4.69) is 21.2 Å².